The standard InChI is InChI=1S/C23H32ClN3O6/c1-4-32-23(31)27-11-9-18(10-12-27)25-20(28)14-33-22(30)19(13-15(2)3)26-21(29)16-5-7-17(24)8-6-16/h5-8,15,18-19H,4,9-14H2,1-3H3,(H,25,28)(H,26,29). The molecule has 1 atom stereocenters. The fourth-order valence-electron chi connectivity index (χ4n) is 3.46. The molecule has 0 aliphatic carbocycles. The van der Waals surface area contributed by atoms with Gasteiger partial charge in [-0.25, -0.2) is 9.59 Å². The van der Waals surface area contributed by atoms with Crippen molar-refractivity contribution in [3.05, 3.63) is 34.9 Å². The first-order valence-corrected chi connectivity index (χ1v) is 11.5. The van der Waals surface area contributed by atoms with Crippen molar-refractivity contribution in [3.63, 3.8) is 0 Å². The molecule has 1 fully saturated rings. The lowest BCUT2D eigenvalue weighted by Gasteiger charge is -2.31. The number of hydrogen-bond donors (Lipinski definition) is 2. The summed E-state index contributed by atoms with van der Waals surface area (Å²) in [6.45, 7) is 6.43. The van der Waals surface area contributed by atoms with Crippen LogP contribution in [0.5, 0.6) is 0 Å². The van der Waals surface area contributed by atoms with Gasteiger partial charge in [-0.2, -0.15) is 0 Å². The minimum atomic E-state index is -0.881. The van der Waals surface area contributed by atoms with Gasteiger partial charge < -0.3 is 25.0 Å². The van der Waals surface area contributed by atoms with Crippen LogP contribution in [0.25, 0.3) is 0 Å². The van der Waals surface area contributed by atoms with Crippen molar-refractivity contribution in [1.29, 1.82) is 0 Å². The lowest BCUT2D eigenvalue weighted by atomic mass is 10.0. The maximum atomic E-state index is 12.6. The summed E-state index contributed by atoms with van der Waals surface area (Å²) in [5, 5.41) is 6.00. The monoisotopic (exact) mass is 481 g/mol. The van der Waals surface area contributed by atoms with Gasteiger partial charge >= 0.3 is 12.1 Å². The van der Waals surface area contributed by atoms with Crippen LogP contribution in [0.4, 0.5) is 4.79 Å². The van der Waals surface area contributed by atoms with E-state index in [0.717, 1.165) is 0 Å². The summed E-state index contributed by atoms with van der Waals surface area (Å²) in [6, 6.07) is 5.32. The van der Waals surface area contributed by atoms with Gasteiger partial charge in [0.1, 0.15) is 6.04 Å². The maximum absolute atomic E-state index is 12.6. The normalized spacial score (nSPS) is 15.0. The summed E-state index contributed by atoms with van der Waals surface area (Å²) >= 11 is 5.85. The molecule has 3 amide bonds. The molecule has 2 rings (SSSR count). The highest BCUT2D eigenvalue weighted by atomic mass is 35.5. The Morgan fingerprint density at radius 1 is 1.09 bits per heavy atom. The first-order valence-electron chi connectivity index (χ1n) is 11.1. The van der Waals surface area contributed by atoms with Gasteiger partial charge in [-0.1, -0.05) is 25.4 Å². The molecule has 1 aliphatic rings. The molecule has 1 aromatic rings. The van der Waals surface area contributed by atoms with Crippen molar-refractivity contribution in [3.8, 4) is 0 Å². The summed E-state index contributed by atoms with van der Waals surface area (Å²) in [5.41, 5.74) is 0.368. The van der Waals surface area contributed by atoms with E-state index in [1.54, 1.807) is 36.1 Å². The summed E-state index contributed by atoms with van der Waals surface area (Å²) in [6.07, 6.45) is 1.19. The molecule has 182 valence electrons. The van der Waals surface area contributed by atoms with Crippen molar-refractivity contribution in [2.45, 2.75) is 52.1 Å². The summed E-state index contributed by atoms with van der Waals surface area (Å²) in [7, 11) is 0. The third-order valence-corrected chi connectivity index (χ3v) is 5.39. The van der Waals surface area contributed by atoms with E-state index in [1.807, 2.05) is 13.8 Å². The van der Waals surface area contributed by atoms with E-state index in [1.165, 1.54) is 0 Å². The number of ether oxygens (including phenoxy) is 2. The third-order valence-electron chi connectivity index (χ3n) is 5.13. The van der Waals surface area contributed by atoms with Crippen LogP contribution in [0.15, 0.2) is 24.3 Å². The maximum Gasteiger partial charge on any atom is 0.409 e. The first-order chi connectivity index (χ1) is 15.7. The summed E-state index contributed by atoms with van der Waals surface area (Å²) in [4.78, 5) is 50.7. The van der Waals surface area contributed by atoms with Crippen LogP contribution in [0.3, 0.4) is 0 Å². The van der Waals surface area contributed by atoms with Crippen LogP contribution in [-0.2, 0) is 19.1 Å². The van der Waals surface area contributed by atoms with E-state index in [0.29, 0.717) is 49.5 Å². The van der Waals surface area contributed by atoms with Crippen molar-refractivity contribution < 1.29 is 28.7 Å². The number of rotatable bonds is 9. The fourth-order valence-corrected chi connectivity index (χ4v) is 3.58. The zero-order chi connectivity index (χ0) is 24.4. The molecule has 33 heavy (non-hydrogen) atoms. The van der Waals surface area contributed by atoms with Gasteiger partial charge in [0.25, 0.3) is 11.8 Å². The van der Waals surface area contributed by atoms with E-state index in [-0.39, 0.29) is 18.1 Å². The van der Waals surface area contributed by atoms with E-state index in [2.05, 4.69) is 10.6 Å². The van der Waals surface area contributed by atoms with Gasteiger partial charge in [0.2, 0.25) is 0 Å². The van der Waals surface area contributed by atoms with Crippen LogP contribution < -0.4 is 10.6 Å². The number of carbonyl (C=O) groups excluding carboxylic acids is 4. The highest BCUT2D eigenvalue weighted by molar-refractivity contribution is 6.30. The Kier molecular flexibility index (Phi) is 10.4. The van der Waals surface area contributed by atoms with Crippen molar-refractivity contribution >= 4 is 35.5 Å². The largest absolute Gasteiger partial charge is 0.454 e. The first kappa shape index (κ1) is 26.4. The second-order valence-corrected chi connectivity index (χ2v) is 8.73. The van der Waals surface area contributed by atoms with Gasteiger partial charge in [0.05, 0.1) is 6.61 Å². The highest BCUT2D eigenvalue weighted by Crippen LogP contribution is 2.13. The number of benzene rings is 1. The van der Waals surface area contributed by atoms with Crippen LogP contribution in [0.2, 0.25) is 5.02 Å². The number of piperidine rings is 1. The smallest absolute Gasteiger partial charge is 0.409 e. The van der Waals surface area contributed by atoms with Gasteiger partial charge in [-0.05, 0) is 56.4 Å². The second-order valence-electron chi connectivity index (χ2n) is 8.30. The number of nitrogens with zero attached hydrogens (tertiary/aromatic N) is 1. The van der Waals surface area contributed by atoms with Gasteiger partial charge in [0, 0.05) is 29.7 Å². The highest BCUT2D eigenvalue weighted by Gasteiger charge is 2.27. The number of esters is 1. The van der Waals surface area contributed by atoms with Crippen LogP contribution in [0.1, 0.15) is 50.4 Å². The quantitative estimate of drug-likeness (QED) is 0.524. The predicted molar refractivity (Wildman–Crippen MR) is 123 cm³/mol. The van der Waals surface area contributed by atoms with E-state index in [9.17, 15) is 19.2 Å². The molecule has 0 bridgehead atoms. The van der Waals surface area contributed by atoms with Gasteiger partial charge in [-0.3, -0.25) is 9.59 Å². The number of amides is 3. The number of hydrogen-bond acceptors (Lipinski definition) is 6. The molecule has 1 aromatic carbocycles. The van der Waals surface area contributed by atoms with Crippen molar-refractivity contribution in [2.75, 3.05) is 26.3 Å². The van der Waals surface area contributed by atoms with E-state index < -0.39 is 30.4 Å². The second kappa shape index (κ2) is 13.0. The lowest BCUT2D eigenvalue weighted by Crippen LogP contribution is -2.48. The molecule has 0 saturated carbocycles. The number of carbonyl (C=O) groups is 4. The van der Waals surface area contributed by atoms with E-state index in [4.69, 9.17) is 21.1 Å². The molecule has 0 spiro atoms. The van der Waals surface area contributed by atoms with Crippen LogP contribution >= 0.6 is 11.6 Å². The lowest BCUT2D eigenvalue weighted by molar-refractivity contribution is -0.151. The Balaban J connectivity index is 1.81. The third kappa shape index (κ3) is 8.92. The summed E-state index contributed by atoms with van der Waals surface area (Å²) in [5.74, 6) is -1.40. The minimum absolute atomic E-state index is 0.113. The Morgan fingerprint density at radius 2 is 1.73 bits per heavy atom. The molecular formula is C23H32ClN3O6. The SMILES string of the molecule is CCOC(=O)N1CCC(NC(=O)COC(=O)C(CC(C)C)NC(=O)c2ccc(Cl)cc2)CC1. The van der Waals surface area contributed by atoms with Gasteiger partial charge in [0.15, 0.2) is 6.61 Å². The van der Waals surface area contributed by atoms with E-state index >= 15 is 0 Å². The Bertz CT molecular complexity index is 822. The van der Waals surface area contributed by atoms with Crippen molar-refractivity contribution in [2.24, 2.45) is 5.92 Å². The molecule has 0 radical (unpaired) electrons. The molecule has 1 aliphatic heterocycles. The molecule has 0 aromatic heterocycles. The van der Waals surface area contributed by atoms with Crippen LogP contribution in [0, 0.1) is 5.92 Å². The van der Waals surface area contributed by atoms with Gasteiger partial charge in [-0.15, -0.1) is 0 Å². The fraction of sp³-hybridized carbons (Fsp3) is 0.565. The molecule has 1 heterocycles. The average Bonchev–Trinajstić information content (AvgIpc) is 2.77. The zero-order valence-corrected chi connectivity index (χ0v) is 20.0. The zero-order valence-electron chi connectivity index (χ0n) is 19.3. The summed E-state index contributed by atoms with van der Waals surface area (Å²) < 4.78 is 10.2. The number of likely N-dealkylation sites (tertiary alicyclic amines) is 1. The molecule has 10 heteroatoms. The van der Waals surface area contributed by atoms with Crippen molar-refractivity contribution in [1.82, 2.24) is 15.5 Å². The molecule has 9 nitrogen and oxygen atoms in total. The molecular weight excluding hydrogens is 450 g/mol. The molecule has 2 N–H and O–H groups in total. The molecule has 1 unspecified atom stereocenters. The topological polar surface area (TPSA) is 114 Å². The number of nitrogens with one attached hydrogen (secondary N) is 2. The predicted octanol–water partition coefficient (Wildman–Crippen LogP) is 2.76. The van der Waals surface area contributed by atoms with Crippen LogP contribution in [-0.4, -0.2) is 67.2 Å². The molecule has 1 saturated heterocycles. The Labute approximate surface area is 199 Å². The minimum Gasteiger partial charge on any atom is -0.454 e. The Hall–Kier alpha value is -2.81. The number of halogens is 1. The average molecular weight is 482 g/mol. The Morgan fingerprint density at radius 3 is 2.30 bits per heavy atom.